The minimum Gasteiger partial charge on any atom is -0.295 e. The number of alkyl halides is 6. The summed E-state index contributed by atoms with van der Waals surface area (Å²) in [7, 11) is -1.03. The predicted octanol–water partition coefficient (Wildman–Crippen LogP) is 6.93. The Morgan fingerprint density at radius 2 is 1.00 bits per heavy atom. The second kappa shape index (κ2) is 13.1. The Balaban J connectivity index is 3.14. The van der Waals surface area contributed by atoms with E-state index >= 15 is 0 Å². The van der Waals surface area contributed by atoms with Gasteiger partial charge in [0.1, 0.15) is 10.6 Å². The fourth-order valence-electron chi connectivity index (χ4n) is 3.85. The molecule has 0 spiro atoms. The summed E-state index contributed by atoms with van der Waals surface area (Å²) in [6, 6.07) is 17.4. The fraction of sp³-hybridized carbons (Fsp3) is 0.478. The van der Waals surface area contributed by atoms with Crippen molar-refractivity contribution in [3.8, 4) is 0 Å². The molecule has 0 radical (unpaired) electrons. The van der Waals surface area contributed by atoms with Crippen LogP contribution in [0, 0.1) is 0 Å². The summed E-state index contributed by atoms with van der Waals surface area (Å²) < 4.78 is 106. The Kier molecular flexibility index (Phi) is 11.4. The highest BCUT2D eigenvalue weighted by atomic mass is 31.2. The molecular formula is C23H35F6N5O2P3+. The number of hydrogen-bond donors (Lipinski definition) is 0. The van der Waals surface area contributed by atoms with E-state index in [1.807, 2.05) is 0 Å². The summed E-state index contributed by atoms with van der Waals surface area (Å²) in [5, 5.41) is 1.23. The predicted molar refractivity (Wildman–Crippen MR) is 149 cm³/mol. The van der Waals surface area contributed by atoms with Crippen molar-refractivity contribution < 1.29 is 35.4 Å². The summed E-state index contributed by atoms with van der Waals surface area (Å²) in [6.07, 6.45) is -9.75. The molecule has 7 nitrogen and oxygen atoms in total. The van der Waals surface area contributed by atoms with Gasteiger partial charge in [-0.25, -0.2) is 0 Å². The molecule has 2 rings (SSSR count). The topological polar surface area (TPSA) is 52.9 Å². The molecule has 0 aliphatic carbocycles. The highest BCUT2D eigenvalue weighted by Gasteiger charge is 2.48. The van der Waals surface area contributed by atoms with Crippen molar-refractivity contribution in [3.63, 3.8) is 0 Å². The lowest BCUT2D eigenvalue weighted by atomic mass is 10.4. The van der Waals surface area contributed by atoms with Gasteiger partial charge in [-0.15, -0.1) is 0 Å². The van der Waals surface area contributed by atoms with Gasteiger partial charge in [0.05, 0.1) is 6.66 Å². The van der Waals surface area contributed by atoms with Crippen molar-refractivity contribution >= 4 is 33.2 Å². The lowest BCUT2D eigenvalue weighted by molar-refractivity contribution is -0.163. The van der Waals surface area contributed by atoms with Crippen molar-refractivity contribution in [3.05, 3.63) is 60.7 Å². The van der Waals surface area contributed by atoms with E-state index in [1.54, 1.807) is 124 Å². The Morgan fingerprint density at radius 3 is 1.28 bits per heavy atom. The maximum atomic E-state index is 13.6. The van der Waals surface area contributed by atoms with Crippen LogP contribution in [0.1, 0.15) is 0 Å². The normalized spacial score (nSPS) is 13.8. The maximum absolute atomic E-state index is 13.6. The van der Waals surface area contributed by atoms with Crippen molar-refractivity contribution in [1.82, 2.24) is 14.0 Å². The SMILES string of the molecule is CN(C)P(=NP(=N[P+](C)(c1ccccc1)c1ccccc1)(OCC(F)(F)F)OCC(F)(F)F)(N(C)C)N(C)C. The summed E-state index contributed by atoms with van der Waals surface area (Å²) in [5.41, 5.74) is 0. The third kappa shape index (κ3) is 8.85. The number of rotatable bonds is 11. The van der Waals surface area contributed by atoms with E-state index in [-0.39, 0.29) is 0 Å². The summed E-state index contributed by atoms with van der Waals surface area (Å²) in [5.74, 6) is 0. The van der Waals surface area contributed by atoms with E-state index in [0.717, 1.165) is 0 Å². The molecule has 0 unspecified atom stereocenters. The van der Waals surface area contributed by atoms with Gasteiger partial charge < -0.3 is 0 Å². The molecule has 16 heteroatoms. The highest BCUT2D eigenvalue weighted by Crippen LogP contribution is 2.73. The molecule has 0 fully saturated rings. The number of nitrogens with zero attached hydrogens (tertiary/aromatic N) is 5. The lowest BCUT2D eigenvalue weighted by Gasteiger charge is -2.42. The first-order valence-corrected chi connectivity index (χ1v) is 16.9. The van der Waals surface area contributed by atoms with Gasteiger partial charge in [-0.05, 0) is 66.6 Å². The standard InChI is InChI=1S/C23H35F6N5O2P3/c1-32(2)39(33(3)4,34(5)6)31-38(35-18-22(24,25)26,36-19-23(27,28)29)30-37(7,20-14-10-8-11-15-20)21-16-12-9-13-17-21/h8-17H,18-19H2,1-7H3/q+1. The summed E-state index contributed by atoms with van der Waals surface area (Å²) in [6.45, 7) is -2.07. The first-order valence-electron chi connectivity index (χ1n) is 11.6. The molecule has 2 aromatic rings. The Bertz CT molecular complexity index is 1090. The molecule has 220 valence electrons. The van der Waals surface area contributed by atoms with Crippen LogP contribution in [0.25, 0.3) is 0 Å². The molecule has 39 heavy (non-hydrogen) atoms. The zero-order valence-corrected chi connectivity index (χ0v) is 25.5. The lowest BCUT2D eigenvalue weighted by Crippen LogP contribution is -2.31. The zero-order valence-electron chi connectivity index (χ0n) is 22.8. The van der Waals surface area contributed by atoms with Crippen LogP contribution in [0.2, 0.25) is 0 Å². The van der Waals surface area contributed by atoms with Crippen LogP contribution in [-0.4, -0.2) is 88.5 Å². The van der Waals surface area contributed by atoms with Gasteiger partial charge in [-0.2, -0.15) is 30.9 Å². The van der Waals surface area contributed by atoms with E-state index in [0.29, 0.717) is 10.6 Å². The van der Waals surface area contributed by atoms with Crippen LogP contribution in [0.4, 0.5) is 26.3 Å². The summed E-state index contributed by atoms with van der Waals surface area (Å²) in [4.78, 5) is 0. The zero-order chi connectivity index (χ0) is 29.7. The van der Waals surface area contributed by atoms with E-state index in [4.69, 9.17) is 18.1 Å². The molecule has 0 amide bonds. The van der Waals surface area contributed by atoms with Gasteiger partial charge in [-0.1, -0.05) is 40.9 Å². The molecule has 0 saturated carbocycles. The average Bonchev–Trinajstić information content (AvgIpc) is 2.84. The minimum atomic E-state index is -4.87. The van der Waals surface area contributed by atoms with Gasteiger partial charge in [0.25, 0.3) is 0 Å². The van der Waals surface area contributed by atoms with Crippen molar-refractivity contribution in [2.75, 3.05) is 62.2 Å². The van der Waals surface area contributed by atoms with Gasteiger partial charge >= 0.3 is 20.0 Å². The van der Waals surface area contributed by atoms with Crippen LogP contribution >= 0.6 is 22.6 Å². The third-order valence-electron chi connectivity index (χ3n) is 5.45. The van der Waals surface area contributed by atoms with Gasteiger partial charge in [0.15, 0.2) is 20.7 Å². The largest absolute Gasteiger partial charge is 0.412 e. The first kappa shape index (κ1) is 33.9. The van der Waals surface area contributed by atoms with Crippen molar-refractivity contribution in [1.29, 1.82) is 0 Å². The third-order valence-corrected chi connectivity index (χ3v) is 16.4. The van der Waals surface area contributed by atoms with E-state index < -0.39 is 48.1 Å². The molecule has 0 saturated heterocycles. The Hall–Kier alpha value is -1.29. The molecule has 0 atom stereocenters. The van der Waals surface area contributed by atoms with Crippen LogP contribution in [0.3, 0.4) is 0 Å². The monoisotopic (exact) mass is 620 g/mol. The van der Waals surface area contributed by atoms with E-state index in [1.165, 1.54) is 0 Å². The molecule has 0 aliphatic heterocycles. The van der Waals surface area contributed by atoms with Crippen LogP contribution in [0.15, 0.2) is 69.7 Å². The quantitative estimate of drug-likeness (QED) is 0.202. The number of benzene rings is 2. The minimum absolute atomic E-state index is 0.616. The maximum Gasteiger partial charge on any atom is 0.412 e. The van der Waals surface area contributed by atoms with E-state index in [2.05, 4.69) is 0 Å². The van der Waals surface area contributed by atoms with Gasteiger partial charge in [0, 0.05) is 0 Å². The smallest absolute Gasteiger partial charge is 0.295 e. The second-order valence-electron chi connectivity index (χ2n) is 9.16. The van der Waals surface area contributed by atoms with Crippen LogP contribution < -0.4 is 10.6 Å². The number of hydrogen-bond acceptors (Lipinski definition) is 3. The molecule has 0 bridgehead atoms. The average molecular weight is 620 g/mol. The molecule has 0 aromatic heterocycles. The van der Waals surface area contributed by atoms with Crippen LogP contribution in [-0.2, 0) is 9.05 Å². The summed E-state index contributed by atoms with van der Waals surface area (Å²) >= 11 is 0. The van der Waals surface area contributed by atoms with Crippen molar-refractivity contribution in [2.45, 2.75) is 12.4 Å². The molecule has 2 aromatic carbocycles. The Morgan fingerprint density at radius 1 is 0.667 bits per heavy atom. The Labute approximate surface area is 227 Å². The van der Waals surface area contributed by atoms with E-state index in [9.17, 15) is 26.3 Å². The van der Waals surface area contributed by atoms with Crippen molar-refractivity contribution in [2.24, 2.45) is 9.03 Å². The first-order chi connectivity index (χ1) is 17.9. The number of halogens is 6. The molecular weight excluding hydrogens is 585 g/mol. The molecule has 0 aliphatic rings. The highest BCUT2D eigenvalue weighted by molar-refractivity contribution is 7.91. The molecule has 0 heterocycles. The van der Waals surface area contributed by atoms with Gasteiger partial charge in [-0.3, -0.25) is 23.1 Å². The van der Waals surface area contributed by atoms with Gasteiger partial charge in [0.2, 0.25) is 7.41 Å². The fourth-order valence-corrected chi connectivity index (χ4v) is 15.6. The second-order valence-corrected chi connectivity index (χ2v) is 18.5. The molecule has 0 N–H and O–H groups in total. The van der Waals surface area contributed by atoms with Crippen LogP contribution in [0.5, 0.6) is 0 Å².